The van der Waals surface area contributed by atoms with Crippen molar-refractivity contribution in [3.05, 3.63) is 70.0 Å². The van der Waals surface area contributed by atoms with Crippen LogP contribution in [0.2, 0.25) is 0 Å². The van der Waals surface area contributed by atoms with Gasteiger partial charge in [0, 0.05) is 37.1 Å². The third kappa shape index (κ3) is 5.03. The van der Waals surface area contributed by atoms with Gasteiger partial charge in [0.05, 0.1) is 11.6 Å². The predicted octanol–water partition coefficient (Wildman–Crippen LogP) is 0.497. The molecule has 0 heterocycles. The van der Waals surface area contributed by atoms with E-state index in [0.717, 1.165) is 0 Å². The van der Waals surface area contributed by atoms with Gasteiger partial charge in [-0.1, -0.05) is 18.2 Å². The lowest BCUT2D eigenvalue weighted by atomic mass is 9.57. The van der Waals surface area contributed by atoms with Crippen LogP contribution in [0.4, 0.5) is 0 Å². The first-order chi connectivity index (χ1) is 21.2. The minimum Gasteiger partial charge on any atom is -0.508 e. The van der Waals surface area contributed by atoms with E-state index in [2.05, 4.69) is 10.6 Å². The van der Waals surface area contributed by atoms with E-state index >= 15 is 0 Å². The van der Waals surface area contributed by atoms with Gasteiger partial charge in [0.2, 0.25) is 11.7 Å². The fraction of sp³-hybridized carbons (Fsp3) is 0.344. The van der Waals surface area contributed by atoms with Gasteiger partial charge in [-0.15, -0.1) is 0 Å². The maximum absolute atomic E-state index is 14.0. The number of aromatic hydroxyl groups is 1. The Morgan fingerprint density at radius 3 is 2.38 bits per heavy atom. The number of hydrogen-bond donors (Lipinski definition) is 7. The molecule has 2 aromatic rings. The second-order valence-corrected chi connectivity index (χ2v) is 11.8. The second-order valence-electron chi connectivity index (χ2n) is 11.8. The Kier molecular flexibility index (Phi) is 8.02. The number of benzene rings is 2. The summed E-state index contributed by atoms with van der Waals surface area (Å²) in [7, 11) is 3.07. The molecule has 2 aromatic carbocycles. The number of phenols is 1. The second kappa shape index (κ2) is 11.5. The molecule has 13 heteroatoms. The van der Waals surface area contributed by atoms with Crippen LogP contribution in [0.1, 0.15) is 34.8 Å². The number of nitrogens with two attached hydrogens (primary N) is 1. The summed E-state index contributed by atoms with van der Waals surface area (Å²) in [5.41, 5.74) is 3.43. The molecule has 0 radical (unpaired) electrons. The van der Waals surface area contributed by atoms with Gasteiger partial charge in [-0.25, -0.2) is 0 Å². The number of rotatable bonds is 7. The van der Waals surface area contributed by atoms with E-state index in [-0.39, 0.29) is 54.6 Å². The summed E-state index contributed by atoms with van der Waals surface area (Å²) in [5.74, 6) is -7.84. The SMILES string of the molecule is CC(=O)NCCNC(=O)c1cccc(-c2ccc(O)c3c2C[C@H]2C[C@H]4[C@H](N(C)C)C(=O)C(C(N)=O)=C(O)[C@@]4(O)C(=O)C2=C3O)c1. The highest BCUT2D eigenvalue weighted by Gasteiger charge is 2.64. The van der Waals surface area contributed by atoms with E-state index in [4.69, 9.17) is 5.73 Å². The number of primary amides is 1. The highest BCUT2D eigenvalue weighted by atomic mass is 16.3. The lowest BCUT2D eigenvalue weighted by molar-refractivity contribution is -0.153. The number of carbonyl (C=O) groups excluding carboxylic acids is 5. The standard InChI is InChI=1S/C32H34N4O9/c1-14(37)34-9-10-35-31(44)16-6-4-5-15(11-16)18-7-8-21(38)23-19(18)12-17-13-20-25(36(2)3)27(40)24(30(33)43)29(42)32(20,45)28(41)22(17)26(23)39/h4-8,11,17,20,25,38-39,42,45H,9-10,12-13H2,1-3H3,(H2,33,43)(H,34,37)(H,35,44)/t17-,20-,25-,32-/m0/s1. The van der Waals surface area contributed by atoms with Gasteiger partial charge in [0.25, 0.3) is 11.8 Å². The lowest BCUT2D eigenvalue weighted by Gasteiger charge is -2.50. The number of hydrogen-bond acceptors (Lipinski definition) is 10. The molecule has 0 unspecified atom stereocenters. The number of nitrogens with one attached hydrogen (secondary N) is 2. The van der Waals surface area contributed by atoms with Crippen LogP contribution < -0.4 is 16.4 Å². The van der Waals surface area contributed by atoms with Crippen molar-refractivity contribution >= 4 is 35.0 Å². The van der Waals surface area contributed by atoms with E-state index in [1.807, 2.05) is 0 Å². The molecule has 0 spiro atoms. The predicted molar refractivity (Wildman–Crippen MR) is 161 cm³/mol. The van der Waals surface area contributed by atoms with Gasteiger partial charge in [-0.2, -0.15) is 0 Å². The fourth-order valence-electron chi connectivity index (χ4n) is 6.86. The molecule has 13 nitrogen and oxygen atoms in total. The van der Waals surface area contributed by atoms with Crippen molar-refractivity contribution in [2.45, 2.75) is 31.4 Å². The molecule has 0 saturated heterocycles. The molecule has 1 fully saturated rings. The van der Waals surface area contributed by atoms with Crippen LogP contribution in [0.5, 0.6) is 5.75 Å². The van der Waals surface area contributed by atoms with Gasteiger partial charge in [0.15, 0.2) is 11.4 Å². The number of amides is 3. The molecule has 3 aliphatic rings. The minimum atomic E-state index is -2.72. The number of nitrogens with zero attached hydrogens (tertiary/aromatic N) is 1. The Labute approximate surface area is 258 Å². The number of phenolic OH excluding ortho intramolecular Hbond substituents is 1. The number of ketones is 2. The van der Waals surface area contributed by atoms with Crippen LogP contribution in [-0.2, 0) is 25.6 Å². The number of fused-ring (bicyclic) bond motifs is 3. The molecule has 0 bridgehead atoms. The smallest absolute Gasteiger partial charge is 0.255 e. The van der Waals surface area contributed by atoms with Crippen LogP contribution in [-0.4, -0.2) is 93.4 Å². The number of Topliss-reactive ketones (excluding diaryl/α,β-unsaturated/α-hetero) is 2. The Hall–Kier alpha value is -5.01. The van der Waals surface area contributed by atoms with E-state index in [1.54, 1.807) is 30.3 Å². The molecule has 1 saturated carbocycles. The average molecular weight is 619 g/mol. The van der Waals surface area contributed by atoms with Crippen LogP contribution in [0.25, 0.3) is 16.9 Å². The molecule has 3 aliphatic carbocycles. The Balaban J connectivity index is 1.59. The number of carbonyl (C=O) groups is 5. The third-order valence-corrected chi connectivity index (χ3v) is 8.82. The van der Waals surface area contributed by atoms with E-state index in [0.29, 0.717) is 22.3 Å². The van der Waals surface area contributed by atoms with Gasteiger partial charge in [-0.3, -0.25) is 28.9 Å². The van der Waals surface area contributed by atoms with Crippen molar-refractivity contribution in [3.8, 4) is 16.9 Å². The molecule has 3 amide bonds. The van der Waals surface area contributed by atoms with Crippen LogP contribution in [0, 0.1) is 11.8 Å². The van der Waals surface area contributed by atoms with Crippen molar-refractivity contribution in [2.75, 3.05) is 27.2 Å². The van der Waals surface area contributed by atoms with Crippen molar-refractivity contribution in [1.82, 2.24) is 15.5 Å². The first-order valence-electron chi connectivity index (χ1n) is 14.3. The van der Waals surface area contributed by atoms with Crippen LogP contribution in [0.3, 0.4) is 0 Å². The molecule has 5 rings (SSSR count). The molecular weight excluding hydrogens is 584 g/mol. The zero-order valence-electron chi connectivity index (χ0n) is 24.9. The number of likely N-dealkylation sites (N-methyl/N-ethyl adjacent to an activating group) is 1. The topological polar surface area (TPSA) is 220 Å². The molecular formula is C32H34N4O9. The Bertz CT molecular complexity index is 1730. The number of aliphatic hydroxyl groups is 3. The van der Waals surface area contributed by atoms with Crippen molar-refractivity contribution in [2.24, 2.45) is 17.6 Å². The molecule has 8 N–H and O–H groups in total. The Morgan fingerprint density at radius 2 is 1.73 bits per heavy atom. The van der Waals surface area contributed by atoms with Gasteiger partial charge in [-0.05, 0) is 67.7 Å². The monoisotopic (exact) mass is 618 g/mol. The van der Waals surface area contributed by atoms with Gasteiger partial charge >= 0.3 is 0 Å². The van der Waals surface area contributed by atoms with Crippen molar-refractivity contribution < 1.29 is 44.4 Å². The summed E-state index contributed by atoms with van der Waals surface area (Å²) in [6, 6.07) is 8.44. The zero-order valence-corrected chi connectivity index (χ0v) is 24.9. The highest BCUT2D eigenvalue weighted by Crippen LogP contribution is 2.53. The fourth-order valence-corrected chi connectivity index (χ4v) is 6.86. The highest BCUT2D eigenvalue weighted by molar-refractivity contribution is 6.24. The molecule has 4 atom stereocenters. The Morgan fingerprint density at radius 1 is 1.04 bits per heavy atom. The summed E-state index contributed by atoms with van der Waals surface area (Å²) in [5, 5.41) is 50.4. The van der Waals surface area contributed by atoms with Crippen molar-refractivity contribution in [1.29, 1.82) is 0 Å². The zero-order chi connectivity index (χ0) is 33.0. The first-order valence-corrected chi connectivity index (χ1v) is 14.3. The largest absolute Gasteiger partial charge is 0.508 e. The maximum Gasteiger partial charge on any atom is 0.255 e. The minimum absolute atomic E-state index is 0.0440. The normalized spacial score (nSPS) is 24.2. The van der Waals surface area contributed by atoms with Gasteiger partial charge < -0.3 is 36.8 Å². The van der Waals surface area contributed by atoms with E-state index < -0.39 is 58.0 Å². The lowest BCUT2D eigenvalue weighted by Crippen LogP contribution is -2.65. The molecule has 0 aromatic heterocycles. The van der Waals surface area contributed by atoms with Gasteiger partial charge in [0.1, 0.15) is 22.8 Å². The van der Waals surface area contributed by atoms with Crippen molar-refractivity contribution in [3.63, 3.8) is 0 Å². The third-order valence-electron chi connectivity index (χ3n) is 8.82. The summed E-state index contributed by atoms with van der Waals surface area (Å²) >= 11 is 0. The van der Waals surface area contributed by atoms with E-state index in [9.17, 15) is 44.4 Å². The summed E-state index contributed by atoms with van der Waals surface area (Å²) in [6.07, 6.45) is 0.0585. The summed E-state index contributed by atoms with van der Waals surface area (Å²) < 4.78 is 0. The first kappa shape index (κ1) is 31.4. The van der Waals surface area contributed by atoms with Crippen LogP contribution in [0.15, 0.2) is 53.3 Å². The molecule has 236 valence electrons. The summed E-state index contributed by atoms with van der Waals surface area (Å²) in [4.78, 5) is 64.8. The summed E-state index contributed by atoms with van der Waals surface area (Å²) in [6.45, 7) is 1.84. The van der Waals surface area contributed by atoms with E-state index in [1.165, 1.54) is 32.0 Å². The molecule has 45 heavy (non-hydrogen) atoms. The number of aliphatic hydroxyl groups excluding tert-OH is 2. The average Bonchev–Trinajstić information content (AvgIpc) is 2.96. The molecule has 0 aliphatic heterocycles. The van der Waals surface area contributed by atoms with Crippen LogP contribution >= 0.6 is 0 Å². The maximum atomic E-state index is 14.0. The quantitative estimate of drug-likeness (QED) is 0.168.